The first-order valence-corrected chi connectivity index (χ1v) is 9.33. The molecule has 1 unspecified atom stereocenters. The maximum absolute atomic E-state index is 13.3. The van der Waals surface area contributed by atoms with Crippen LogP contribution < -0.4 is 5.32 Å². The van der Waals surface area contributed by atoms with Crippen LogP contribution in [0.2, 0.25) is 0 Å². The van der Waals surface area contributed by atoms with Crippen LogP contribution in [0.25, 0.3) is 0 Å². The minimum Gasteiger partial charge on any atom is -0.508 e. The van der Waals surface area contributed by atoms with E-state index < -0.39 is 5.41 Å². The smallest absolute Gasteiger partial charge is 0.239 e. The van der Waals surface area contributed by atoms with E-state index in [2.05, 4.69) is 27.3 Å². The number of phenolic OH excluding ortho intramolecular Hbond substituents is 1. The van der Waals surface area contributed by atoms with E-state index in [1.165, 1.54) is 19.3 Å². The van der Waals surface area contributed by atoms with Crippen LogP contribution in [0, 0.1) is 5.92 Å². The lowest BCUT2D eigenvalue weighted by atomic mass is 9.62. The number of hydrogen-bond donors (Lipinski definition) is 2. The molecule has 1 aliphatic heterocycles. The summed E-state index contributed by atoms with van der Waals surface area (Å²) < 4.78 is 0.921. The number of fused-ring (bicyclic) bond motifs is 1. The van der Waals surface area contributed by atoms with Gasteiger partial charge in [-0.3, -0.25) is 4.79 Å². The summed E-state index contributed by atoms with van der Waals surface area (Å²) >= 11 is 3.58. The van der Waals surface area contributed by atoms with E-state index in [0.29, 0.717) is 0 Å². The maximum Gasteiger partial charge on any atom is 0.239 e. The molecule has 3 nitrogen and oxygen atoms in total. The number of phenols is 1. The summed E-state index contributed by atoms with van der Waals surface area (Å²) in [5.41, 5.74) is 2.26. The number of carbonyl (C=O) groups is 1. The Kier molecular flexibility index (Phi) is 3.87. The number of halogens is 1. The van der Waals surface area contributed by atoms with Crippen LogP contribution in [0.1, 0.15) is 43.2 Å². The number of para-hydroxylation sites is 1. The SMILES string of the molecule is O=C1Nc2c(Br)cccc2C1(c1ccc(O)cc1)C1CCCCC1. The highest BCUT2D eigenvalue weighted by Gasteiger charge is 2.53. The average Bonchev–Trinajstić information content (AvgIpc) is 2.91. The molecule has 1 fully saturated rings. The molecule has 0 saturated heterocycles. The molecule has 0 bridgehead atoms. The molecular formula is C20H20BrNO2. The van der Waals surface area contributed by atoms with Crippen LogP contribution in [-0.4, -0.2) is 11.0 Å². The van der Waals surface area contributed by atoms with Gasteiger partial charge in [0.15, 0.2) is 0 Å². The van der Waals surface area contributed by atoms with Crippen molar-refractivity contribution in [2.24, 2.45) is 5.92 Å². The highest BCUT2D eigenvalue weighted by Crippen LogP contribution is 2.53. The number of anilines is 1. The molecule has 0 spiro atoms. The fourth-order valence-corrected chi connectivity index (χ4v) is 4.97. The molecule has 0 aromatic heterocycles. The molecule has 2 aliphatic rings. The summed E-state index contributed by atoms with van der Waals surface area (Å²) in [6.45, 7) is 0. The third-order valence-corrected chi connectivity index (χ3v) is 6.24. The van der Waals surface area contributed by atoms with E-state index in [0.717, 1.165) is 34.1 Å². The molecule has 1 aliphatic carbocycles. The van der Waals surface area contributed by atoms with Crippen molar-refractivity contribution in [3.05, 3.63) is 58.1 Å². The van der Waals surface area contributed by atoms with E-state index in [4.69, 9.17) is 0 Å². The Hall–Kier alpha value is -1.81. The summed E-state index contributed by atoms with van der Waals surface area (Å²) in [5, 5.41) is 12.8. The van der Waals surface area contributed by atoms with Gasteiger partial charge in [0.2, 0.25) is 5.91 Å². The second-order valence-corrected chi connectivity index (χ2v) is 7.66. The zero-order valence-corrected chi connectivity index (χ0v) is 15.0. The van der Waals surface area contributed by atoms with Crippen LogP contribution in [-0.2, 0) is 10.2 Å². The molecule has 2 aromatic carbocycles. The number of rotatable bonds is 2. The molecular weight excluding hydrogens is 366 g/mol. The van der Waals surface area contributed by atoms with Crippen molar-refractivity contribution in [1.82, 2.24) is 0 Å². The van der Waals surface area contributed by atoms with Crippen LogP contribution in [0.15, 0.2) is 46.9 Å². The average molecular weight is 386 g/mol. The largest absolute Gasteiger partial charge is 0.508 e. The van der Waals surface area contributed by atoms with E-state index in [1.807, 2.05) is 24.3 Å². The number of nitrogens with one attached hydrogen (secondary N) is 1. The van der Waals surface area contributed by atoms with Crippen LogP contribution in [0.3, 0.4) is 0 Å². The Balaban J connectivity index is 1.97. The van der Waals surface area contributed by atoms with Gasteiger partial charge >= 0.3 is 0 Å². The molecule has 124 valence electrons. The van der Waals surface area contributed by atoms with Crippen molar-refractivity contribution in [2.75, 3.05) is 5.32 Å². The standard InChI is InChI=1S/C20H20BrNO2/c21-17-8-4-7-16-18(17)22-19(24)20(16,13-5-2-1-3-6-13)14-9-11-15(23)12-10-14/h4,7-13,23H,1-3,5-6H2,(H,22,24). The Morgan fingerprint density at radius 3 is 2.46 bits per heavy atom. The second-order valence-electron chi connectivity index (χ2n) is 6.81. The van der Waals surface area contributed by atoms with E-state index in [-0.39, 0.29) is 17.6 Å². The molecule has 1 heterocycles. The summed E-state index contributed by atoms with van der Waals surface area (Å²) in [4.78, 5) is 13.3. The molecule has 4 rings (SSSR count). The third-order valence-electron chi connectivity index (χ3n) is 5.58. The molecule has 4 heteroatoms. The Bertz CT molecular complexity index is 781. The third kappa shape index (κ3) is 2.20. The maximum atomic E-state index is 13.3. The van der Waals surface area contributed by atoms with Crippen molar-refractivity contribution in [3.63, 3.8) is 0 Å². The fraction of sp³-hybridized carbons (Fsp3) is 0.350. The van der Waals surface area contributed by atoms with Crippen molar-refractivity contribution in [1.29, 1.82) is 0 Å². The second kappa shape index (κ2) is 5.92. The van der Waals surface area contributed by atoms with Crippen LogP contribution in [0.4, 0.5) is 5.69 Å². The molecule has 1 saturated carbocycles. The highest BCUT2D eigenvalue weighted by atomic mass is 79.9. The summed E-state index contributed by atoms with van der Waals surface area (Å²) in [5.74, 6) is 0.568. The summed E-state index contributed by atoms with van der Waals surface area (Å²) in [6, 6.07) is 13.2. The zero-order chi connectivity index (χ0) is 16.7. The van der Waals surface area contributed by atoms with Crippen LogP contribution in [0.5, 0.6) is 5.75 Å². The van der Waals surface area contributed by atoms with Gasteiger partial charge < -0.3 is 10.4 Å². The lowest BCUT2D eigenvalue weighted by molar-refractivity contribution is -0.121. The lowest BCUT2D eigenvalue weighted by Crippen LogP contribution is -2.43. The number of aromatic hydroxyl groups is 1. The predicted molar refractivity (Wildman–Crippen MR) is 98.2 cm³/mol. The van der Waals surface area contributed by atoms with Crippen LogP contribution >= 0.6 is 15.9 Å². The van der Waals surface area contributed by atoms with E-state index in [1.54, 1.807) is 12.1 Å². The van der Waals surface area contributed by atoms with Crippen molar-refractivity contribution >= 4 is 27.5 Å². The molecule has 0 radical (unpaired) electrons. The van der Waals surface area contributed by atoms with Crippen molar-refractivity contribution in [2.45, 2.75) is 37.5 Å². The molecule has 1 atom stereocenters. The zero-order valence-electron chi connectivity index (χ0n) is 13.4. The molecule has 1 amide bonds. The highest BCUT2D eigenvalue weighted by molar-refractivity contribution is 9.10. The van der Waals surface area contributed by atoms with Gasteiger partial charge in [-0.05, 0) is 64.0 Å². The Morgan fingerprint density at radius 1 is 1.04 bits per heavy atom. The monoisotopic (exact) mass is 385 g/mol. The minimum atomic E-state index is -0.659. The quantitative estimate of drug-likeness (QED) is 0.766. The van der Waals surface area contributed by atoms with Gasteiger partial charge in [0, 0.05) is 4.47 Å². The first-order chi connectivity index (χ1) is 11.6. The number of hydrogen-bond acceptors (Lipinski definition) is 2. The predicted octanol–water partition coefficient (Wildman–Crippen LogP) is 4.97. The normalized spacial score (nSPS) is 23.8. The minimum absolute atomic E-state index is 0.0574. The van der Waals surface area contributed by atoms with E-state index in [9.17, 15) is 9.90 Å². The first kappa shape index (κ1) is 15.7. The van der Waals surface area contributed by atoms with Gasteiger partial charge in [0.1, 0.15) is 11.2 Å². The van der Waals surface area contributed by atoms with Gasteiger partial charge in [-0.2, -0.15) is 0 Å². The number of amides is 1. The fourth-order valence-electron chi connectivity index (χ4n) is 4.50. The summed E-state index contributed by atoms with van der Waals surface area (Å²) in [6.07, 6.45) is 5.69. The first-order valence-electron chi connectivity index (χ1n) is 8.54. The molecule has 2 aromatic rings. The van der Waals surface area contributed by atoms with Gasteiger partial charge in [0.25, 0.3) is 0 Å². The number of benzene rings is 2. The topological polar surface area (TPSA) is 49.3 Å². The van der Waals surface area contributed by atoms with Crippen molar-refractivity contribution < 1.29 is 9.90 Å². The van der Waals surface area contributed by atoms with Crippen molar-refractivity contribution in [3.8, 4) is 5.75 Å². The lowest BCUT2D eigenvalue weighted by Gasteiger charge is -2.39. The summed E-state index contributed by atoms with van der Waals surface area (Å²) in [7, 11) is 0. The Labute approximate surface area is 150 Å². The van der Waals surface area contributed by atoms with Gasteiger partial charge in [-0.1, -0.05) is 43.5 Å². The van der Waals surface area contributed by atoms with Gasteiger partial charge in [-0.25, -0.2) is 0 Å². The van der Waals surface area contributed by atoms with E-state index >= 15 is 0 Å². The molecule has 2 N–H and O–H groups in total. The number of carbonyl (C=O) groups excluding carboxylic acids is 1. The van der Waals surface area contributed by atoms with Gasteiger partial charge in [0.05, 0.1) is 5.69 Å². The molecule has 24 heavy (non-hydrogen) atoms. The van der Waals surface area contributed by atoms with Gasteiger partial charge in [-0.15, -0.1) is 0 Å². The Morgan fingerprint density at radius 2 is 1.75 bits per heavy atom.